The maximum Gasteiger partial charge on any atom is 0.334 e. The van der Waals surface area contributed by atoms with E-state index in [1.165, 1.54) is 6.92 Å². The Morgan fingerprint density at radius 1 is 1.09 bits per heavy atom. The number of allylic oxidation sites excluding steroid dienone is 3. The number of ketones is 2. The van der Waals surface area contributed by atoms with E-state index in [-0.39, 0.29) is 41.4 Å². The molecule has 182 valence electrons. The molecule has 1 heterocycles. The van der Waals surface area contributed by atoms with Crippen LogP contribution in [0.2, 0.25) is 0 Å². The standard InChI is InChI=1S/C28H34O6/c1-15(29)34-22-14-19-25(2,3)21(31)8-11-26(19,4)18-7-10-27(5)20(28(18,22)6)13-17(30)23(27)16-9-12-33-24(16)32/h8-9,11,13,18-19,22-23H,7,10,12,14H2,1-6H3/t18-,19-,22-,23-,26-,27+,28-/m1/s1. The van der Waals surface area contributed by atoms with Gasteiger partial charge in [-0.25, -0.2) is 4.79 Å². The molecular weight excluding hydrogens is 432 g/mol. The Bertz CT molecular complexity index is 1110. The summed E-state index contributed by atoms with van der Waals surface area (Å²) in [7, 11) is 0. The van der Waals surface area contributed by atoms with Crippen molar-refractivity contribution >= 4 is 23.5 Å². The minimum absolute atomic E-state index is 0.00491. The van der Waals surface area contributed by atoms with Crippen LogP contribution in [0.3, 0.4) is 0 Å². The van der Waals surface area contributed by atoms with E-state index >= 15 is 0 Å². The first kappa shape index (κ1) is 23.3. The Kier molecular flexibility index (Phi) is 4.80. The Balaban J connectivity index is 1.67. The number of hydrogen-bond donors (Lipinski definition) is 0. The van der Waals surface area contributed by atoms with Crippen molar-refractivity contribution in [1.82, 2.24) is 0 Å². The minimum atomic E-state index is -0.599. The maximum atomic E-state index is 13.4. The van der Waals surface area contributed by atoms with Gasteiger partial charge in [0.2, 0.25) is 0 Å². The molecule has 34 heavy (non-hydrogen) atoms. The zero-order valence-corrected chi connectivity index (χ0v) is 20.9. The lowest BCUT2D eigenvalue weighted by molar-refractivity contribution is -0.187. The van der Waals surface area contributed by atoms with Crippen molar-refractivity contribution in [2.75, 3.05) is 6.61 Å². The molecule has 0 unspecified atom stereocenters. The lowest BCUT2D eigenvalue weighted by Crippen LogP contribution is -2.64. The van der Waals surface area contributed by atoms with Gasteiger partial charge in [0.05, 0.1) is 5.92 Å². The van der Waals surface area contributed by atoms with Crippen LogP contribution in [0.1, 0.15) is 60.8 Å². The second-order valence-corrected chi connectivity index (χ2v) is 12.1. The van der Waals surface area contributed by atoms with Crippen LogP contribution < -0.4 is 0 Å². The third-order valence-electron chi connectivity index (χ3n) is 10.2. The van der Waals surface area contributed by atoms with Crippen molar-refractivity contribution < 1.29 is 28.7 Å². The summed E-state index contributed by atoms with van der Waals surface area (Å²) in [5.41, 5.74) is -0.598. The van der Waals surface area contributed by atoms with Crippen molar-refractivity contribution in [3.05, 3.63) is 35.5 Å². The number of carbonyl (C=O) groups is 4. The first-order valence-corrected chi connectivity index (χ1v) is 12.3. The maximum absolute atomic E-state index is 13.4. The topological polar surface area (TPSA) is 86.7 Å². The fourth-order valence-corrected chi connectivity index (χ4v) is 8.58. The molecule has 7 atom stereocenters. The molecule has 0 radical (unpaired) electrons. The second-order valence-electron chi connectivity index (χ2n) is 12.1. The largest absolute Gasteiger partial charge is 0.462 e. The first-order valence-electron chi connectivity index (χ1n) is 12.3. The molecule has 1 aliphatic heterocycles. The summed E-state index contributed by atoms with van der Waals surface area (Å²) in [5.74, 6) is -1.24. The average molecular weight is 467 g/mol. The third kappa shape index (κ3) is 2.74. The summed E-state index contributed by atoms with van der Waals surface area (Å²) < 4.78 is 11.2. The molecule has 5 rings (SSSR count). The van der Waals surface area contributed by atoms with Crippen molar-refractivity contribution in [2.45, 2.75) is 66.9 Å². The van der Waals surface area contributed by atoms with Crippen LogP contribution in [0, 0.1) is 39.4 Å². The second kappa shape index (κ2) is 7.02. The van der Waals surface area contributed by atoms with Crippen molar-refractivity contribution in [3.63, 3.8) is 0 Å². The van der Waals surface area contributed by atoms with Crippen LogP contribution >= 0.6 is 0 Å². The predicted molar refractivity (Wildman–Crippen MR) is 124 cm³/mol. The Labute approximate surface area is 200 Å². The van der Waals surface area contributed by atoms with E-state index in [0.717, 1.165) is 18.4 Å². The Morgan fingerprint density at radius 2 is 1.79 bits per heavy atom. The van der Waals surface area contributed by atoms with Gasteiger partial charge < -0.3 is 9.47 Å². The molecule has 6 nitrogen and oxygen atoms in total. The molecule has 0 N–H and O–H groups in total. The number of esters is 2. The van der Waals surface area contributed by atoms with Crippen molar-refractivity contribution in [3.8, 4) is 0 Å². The van der Waals surface area contributed by atoms with Crippen LogP contribution in [-0.2, 0) is 28.7 Å². The normalized spacial score (nSPS) is 44.5. The summed E-state index contributed by atoms with van der Waals surface area (Å²) in [5, 5.41) is 0. The molecule has 0 saturated heterocycles. The number of hydrogen-bond acceptors (Lipinski definition) is 6. The van der Waals surface area contributed by atoms with E-state index in [2.05, 4.69) is 26.8 Å². The van der Waals surface area contributed by atoms with E-state index in [4.69, 9.17) is 9.47 Å². The summed E-state index contributed by atoms with van der Waals surface area (Å²) in [4.78, 5) is 51.1. The van der Waals surface area contributed by atoms with Gasteiger partial charge in [0, 0.05) is 28.7 Å². The van der Waals surface area contributed by atoms with Crippen LogP contribution in [0.5, 0.6) is 0 Å². The average Bonchev–Trinajstić information content (AvgIpc) is 3.26. The fraction of sp³-hybridized carbons (Fsp3) is 0.643. The Hall–Kier alpha value is -2.50. The summed E-state index contributed by atoms with van der Waals surface area (Å²) >= 11 is 0. The molecule has 0 aromatic heterocycles. The van der Waals surface area contributed by atoms with Gasteiger partial charge in [-0.1, -0.05) is 40.7 Å². The highest BCUT2D eigenvalue weighted by Gasteiger charge is 2.69. The van der Waals surface area contributed by atoms with Crippen LogP contribution in [0.15, 0.2) is 35.5 Å². The highest BCUT2D eigenvalue weighted by atomic mass is 16.5. The summed E-state index contributed by atoms with van der Waals surface area (Å²) in [6.45, 7) is 12.0. The van der Waals surface area contributed by atoms with Crippen LogP contribution in [0.4, 0.5) is 0 Å². The highest BCUT2D eigenvalue weighted by Crippen LogP contribution is 2.72. The summed E-state index contributed by atoms with van der Waals surface area (Å²) in [6.07, 6.45) is 8.89. The van der Waals surface area contributed by atoms with Gasteiger partial charge in [-0.15, -0.1) is 0 Å². The lowest BCUT2D eigenvalue weighted by Gasteiger charge is -2.66. The molecule has 6 heteroatoms. The molecule has 5 aliphatic rings. The van der Waals surface area contributed by atoms with Crippen LogP contribution in [-0.4, -0.2) is 36.2 Å². The zero-order valence-electron chi connectivity index (χ0n) is 20.9. The minimum Gasteiger partial charge on any atom is -0.462 e. The van der Waals surface area contributed by atoms with Gasteiger partial charge in [0.15, 0.2) is 11.6 Å². The van der Waals surface area contributed by atoms with E-state index in [9.17, 15) is 19.2 Å². The third-order valence-corrected chi connectivity index (χ3v) is 10.2. The molecule has 2 saturated carbocycles. The molecule has 2 fully saturated rings. The van der Waals surface area contributed by atoms with Crippen molar-refractivity contribution in [2.24, 2.45) is 39.4 Å². The van der Waals surface area contributed by atoms with E-state index in [0.29, 0.717) is 12.0 Å². The monoisotopic (exact) mass is 466 g/mol. The van der Waals surface area contributed by atoms with Gasteiger partial charge in [-0.05, 0) is 60.3 Å². The smallest absolute Gasteiger partial charge is 0.334 e. The van der Waals surface area contributed by atoms with Gasteiger partial charge in [-0.3, -0.25) is 14.4 Å². The molecule has 4 aliphatic carbocycles. The first-order chi connectivity index (χ1) is 15.8. The molecule has 0 bridgehead atoms. The quantitative estimate of drug-likeness (QED) is 0.569. The van der Waals surface area contributed by atoms with Gasteiger partial charge in [0.25, 0.3) is 0 Å². The summed E-state index contributed by atoms with van der Waals surface area (Å²) in [6, 6.07) is 0. The number of carbonyl (C=O) groups excluding carboxylic acids is 4. The zero-order chi connectivity index (χ0) is 24.8. The molecule has 0 amide bonds. The highest BCUT2D eigenvalue weighted by molar-refractivity contribution is 6.06. The Morgan fingerprint density at radius 3 is 2.41 bits per heavy atom. The van der Waals surface area contributed by atoms with Gasteiger partial charge in [-0.2, -0.15) is 0 Å². The van der Waals surface area contributed by atoms with E-state index in [1.54, 1.807) is 18.2 Å². The van der Waals surface area contributed by atoms with Gasteiger partial charge in [0.1, 0.15) is 12.7 Å². The van der Waals surface area contributed by atoms with E-state index < -0.39 is 34.2 Å². The lowest BCUT2D eigenvalue weighted by atomic mass is 9.38. The SMILES string of the molecule is CC(=O)O[C@@H]1C[C@@H]2C(C)(C)C(=O)C=C[C@]2(C)[C@H]2CC[C@@]3(C)C(=CC(=O)[C@H]3C3=CCOC3=O)[C@@]21C. The number of fused-ring (bicyclic) bond motifs is 5. The molecular formula is C28H34O6. The molecule has 0 aromatic carbocycles. The number of cyclic esters (lactones) is 1. The number of ether oxygens (including phenoxy) is 2. The van der Waals surface area contributed by atoms with E-state index in [1.807, 2.05) is 13.8 Å². The van der Waals surface area contributed by atoms with Crippen molar-refractivity contribution in [1.29, 1.82) is 0 Å². The number of rotatable bonds is 2. The predicted octanol–water partition coefficient (Wildman–Crippen LogP) is 4.14. The molecule has 0 aromatic rings. The van der Waals surface area contributed by atoms with Crippen LogP contribution in [0.25, 0.3) is 0 Å². The van der Waals surface area contributed by atoms with Gasteiger partial charge >= 0.3 is 11.9 Å². The fourth-order valence-electron chi connectivity index (χ4n) is 8.58. The molecule has 0 spiro atoms.